The molecule has 4 heteroatoms. The normalized spacial score (nSPS) is 11.2. The van der Waals surface area contributed by atoms with Gasteiger partial charge in [0.1, 0.15) is 0 Å². The molecule has 0 bridgehead atoms. The Kier molecular flexibility index (Phi) is 4.25. The fraction of sp³-hybridized carbons (Fsp3) is 0.188. The standard InChI is InChI=1S/C16H17N3O/c1-11-4-5-15(12(2)10-11)13(3)18-19-16(20)14-6-8-17-9-7-14/h4-10H,1-3H3,(H,19,20)/b18-13+. The van der Waals surface area contributed by atoms with Crippen molar-refractivity contribution in [2.75, 3.05) is 0 Å². The molecule has 20 heavy (non-hydrogen) atoms. The molecular formula is C16H17N3O. The number of nitrogens with zero attached hydrogens (tertiary/aromatic N) is 2. The van der Waals surface area contributed by atoms with Crippen LogP contribution in [0.5, 0.6) is 0 Å². The number of nitrogens with one attached hydrogen (secondary N) is 1. The van der Waals surface area contributed by atoms with Crippen LogP contribution < -0.4 is 5.43 Å². The van der Waals surface area contributed by atoms with E-state index in [-0.39, 0.29) is 5.91 Å². The van der Waals surface area contributed by atoms with Gasteiger partial charge in [0, 0.05) is 23.5 Å². The van der Waals surface area contributed by atoms with Gasteiger partial charge < -0.3 is 0 Å². The van der Waals surface area contributed by atoms with Crippen molar-refractivity contribution in [3.8, 4) is 0 Å². The number of hydrazone groups is 1. The molecule has 2 aromatic rings. The van der Waals surface area contributed by atoms with Crippen molar-refractivity contribution in [3.05, 3.63) is 65.0 Å². The van der Waals surface area contributed by atoms with Crippen LogP contribution in [0.15, 0.2) is 47.8 Å². The smallest absolute Gasteiger partial charge is 0.267 e. The molecule has 0 radical (unpaired) electrons. The van der Waals surface area contributed by atoms with E-state index in [9.17, 15) is 4.79 Å². The van der Waals surface area contributed by atoms with Crippen LogP contribution in [0.2, 0.25) is 0 Å². The zero-order valence-corrected chi connectivity index (χ0v) is 11.8. The molecule has 0 saturated heterocycles. The molecule has 0 fully saturated rings. The molecule has 1 amide bonds. The van der Waals surface area contributed by atoms with E-state index in [1.165, 1.54) is 5.56 Å². The van der Waals surface area contributed by atoms with E-state index in [1.807, 2.05) is 26.0 Å². The Morgan fingerprint density at radius 1 is 1.15 bits per heavy atom. The van der Waals surface area contributed by atoms with Crippen LogP contribution in [-0.4, -0.2) is 16.6 Å². The van der Waals surface area contributed by atoms with E-state index in [0.717, 1.165) is 16.8 Å². The maximum atomic E-state index is 11.9. The molecular weight excluding hydrogens is 250 g/mol. The summed E-state index contributed by atoms with van der Waals surface area (Å²) in [5, 5.41) is 4.16. The summed E-state index contributed by atoms with van der Waals surface area (Å²) in [5.41, 5.74) is 7.27. The van der Waals surface area contributed by atoms with E-state index >= 15 is 0 Å². The van der Waals surface area contributed by atoms with Crippen molar-refractivity contribution in [3.63, 3.8) is 0 Å². The predicted molar refractivity (Wildman–Crippen MR) is 79.8 cm³/mol. The highest BCUT2D eigenvalue weighted by molar-refractivity contribution is 6.01. The highest BCUT2D eigenvalue weighted by atomic mass is 16.2. The Hall–Kier alpha value is -2.49. The van der Waals surface area contributed by atoms with Crippen LogP contribution in [0.3, 0.4) is 0 Å². The Morgan fingerprint density at radius 2 is 1.85 bits per heavy atom. The minimum absolute atomic E-state index is 0.239. The molecule has 1 aromatic carbocycles. The monoisotopic (exact) mass is 267 g/mol. The van der Waals surface area contributed by atoms with Gasteiger partial charge in [-0.2, -0.15) is 5.10 Å². The number of hydrogen-bond acceptors (Lipinski definition) is 3. The molecule has 0 aliphatic heterocycles. The Bertz CT molecular complexity index is 648. The molecule has 0 atom stereocenters. The number of hydrogen-bond donors (Lipinski definition) is 1. The number of rotatable bonds is 3. The van der Waals surface area contributed by atoms with Gasteiger partial charge in [-0.25, -0.2) is 5.43 Å². The Balaban J connectivity index is 2.13. The third-order valence-electron chi connectivity index (χ3n) is 3.04. The van der Waals surface area contributed by atoms with Gasteiger partial charge in [0.2, 0.25) is 0 Å². The molecule has 102 valence electrons. The van der Waals surface area contributed by atoms with Crippen molar-refractivity contribution < 1.29 is 4.79 Å². The minimum Gasteiger partial charge on any atom is -0.267 e. The summed E-state index contributed by atoms with van der Waals surface area (Å²) >= 11 is 0. The molecule has 1 N–H and O–H groups in total. The first kappa shape index (κ1) is 13.9. The third kappa shape index (κ3) is 3.29. The van der Waals surface area contributed by atoms with Gasteiger partial charge in [-0.3, -0.25) is 9.78 Å². The van der Waals surface area contributed by atoms with Gasteiger partial charge in [0.25, 0.3) is 5.91 Å². The summed E-state index contributed by atoms with van der Waals surface area (Å²) in [6, 6.07) is 9.45. The van der Waals surface area contributed by atoms with Crippen LogP contribution in [-0.2, 0) is 0 Å². The predicted octanol–water partition coefficient (Wildman–Crippen LogP) is 2.85. The molecule has 0 spiro atoms. The number of benzene rings is 1. The van der Waals surface area contributed by atoms with Gasteiger partial charge in [-0.05, 0) is 38.5 Å². The lowest BCUT2D eigenvalue weighted by molar-refractivity contribution is 0.0954. The number of carbonyl (C=O) groups is 1. The van der Waals surface area contributed by atoms with E-state index in [0.29, 0.717) is 5.56 Å². The fourth-order valence-corrected chi connectivity index (χ4v) is 1.98. The highest BCUT2D eigenvalue weighted by Crippen LogP contribution is 2.11. The van der Waals surface area contributed by atoms with Gasteiger partial charge in [-0.1, -0.05) is 23.8 Å². The van der Waals surface area contributed by atoms with E-state index in [4.69, 9.17) is 0 Å². The maximum absolute atomic E-state index is 11.9. The van der Waals surface area contributed by atoms with Crippen LogP contribution in [0, 0.1) is 13.8 Å². The van der Waals surface area contributed by atoms with Crippen molar-refractivity contribution in [2.24, 2.45) is 5.10 Å². The molecule has 0 aliphatic carbocycles. The van der Waals surface area contributed by atoms with Crippen LogP contribution >= 0.6 is 0 Å². The summed E-state index contributed by atoms with van der Waals surface area (Å²) in [5.74, 6) is -0.239. The first-order valence-electron chi connectivity index (χ1n) is 6.40. The zero-order valence-electron chi connectivity index (χ0n) is 11.8. The highest BCUT2D eigenvalue weighted by Gasteiger charge is 2.05. The minimum atomic E-state index is -0.239. The first-order chi connectivity index (χ1) is 9.58. The number of amides is 1. The van der Waals surface area contributed by atoms with Gasteiger partial charge in [0.05, 0.1) is 5.71 Å². The van der Waals surface area contributed by atoms with Crippen molar-refractivity contribution in [2.45, 2.75) is 20.8 Å². The summed E-state index contributed by atoms with van der Waals surface area (Å²) < 4.78 is 0. The zero-order chi connectivity index (χ0) is 14.5. The molecule has 1 aromatic heterocycles. The van der Waals surface area contributed by atoms with Gasteiger partial charge in [0.15, 0.2) is 0 Å². The number of aryl methyl sites for hydroxylation is 2. The largest absolute Gasteiger partial charge is 0.271 e. The Morgan fingerprint density at radius 3 is 2.50 bits per heavy atom. The summed E-state index contributed by atoms with van der Waals surface area (Å²) in [6.45, 7) is 5.96. The quantitative estimate of drug-likeness (QED) is 0.686. The molecule has 1 heterocycles. The SMILES string of the molecule is C/C(=N\NC(=O)c1ccncc1)c1ccc(C)cc1C. The second kappa shape index (κ2) is 6.10. The van der Waals surface area contributed by atoms with E-state index < -0.39 is 0 Å². The van der Waals surface area contributed by atoms with E-state index in [2.05, 4.69) is 28.5 Å². The number of pyridine rings is 1. The number of carbonyl (C=O) groups excluding carboxylic acids is 1. The molecule has 2 rings (SSSR count). The average molecular weight is 267 g/mol. The van der Waals surface area contributed by atoms with E-state index in [1.54, 1.807) is 24.5 Å². The van der Waals surface area contributed by atoms with Crippen molar-refractivity contribution in [1.82, 2.24) is 10.4 Å². The number of aromatic nitrogens is 1. The van der Waals surface area contributed by atoms with Crippen molar-refractivity contribution in [1.29, 1.82) is 0 Å². The van der Waals surface area contributed by atoms with Gasteiger partial charge in [-0.15, -0.1) is 0 Å². The maximum Gasteiger partial charge on any atom is 0.271 e. The third-order valence-corrected chi connectivity index (χ3v) is 3.04. The lowest BCUT2D eigenvalue weighted by atomic mass is 10.0. The summed E-state index contributed by atoms with van der Waals surface area (Å²) in [6.07, 6.45) is 3.16. The molecule has 0 unspecified atom stereocenters. The summed E-state index contributed by atoms with van der Waals surface area (Å²) in [4.78, 5) is 15.7. The molecule has 0 aliphatic rings. The first-order valence-corrected chi connectivity index (χ1v) is 6.40. The summed E-state index contributed by atoms with van der Waals surface area (Å²) in [7, 11) is 0. The average Bonchev–Trinajstić information content (AvgIpc) is 2.45. The van der Waals surface area contributed by atoms with Crippen molar-refractivity contribution >= 4 is 11.6 Å². The van der Waals surface area contributed by atoms with Crippen LogP contribution in [0.1, 0.15) is 34.0 Å². The lowest BCUT2D eigenvalue weighted by Crippen LogP contribution is -2.19. The second-order valence-corrected chi connectivity index (χ2v) is 4.69. The fourth-order valence-electron chi connectivity index (χ4n) is 1.98. The Labute approximate surface area is 118 Å². The lowest BCUT2D eigenvalue weighted by Gasteiger charge is -2.07. The molecule has 4 nitrogen and oxygen atoms in total. The van der Waals surface area contributed by atoms with Crippen LogP contribution in [0.25, 0.3) is 0 Å². The van der Waals surface area contributed by atoms with Gasteiger partial charge >= 0.3 is 0 Å². The second-order valence-electron chi connectivity index (χ2n) is 4.69. The van der Waals surface area contributed by atoms with Crippen LogP contribution in [0.4, 0.5) is 0 Å². The molecule has 0 saturated carbocycles. The topological polar surface area (TPSA) is 54.4 Å².